The van der Waals surface area contributed by atoms with E-state index in [1.165, 1.54) is 12.1 Å². The minimum absolute atomic E-state index is 0.0135. The molecule has 0 atom stereocenters. The Morgan fingerprint density at radius 3 is 2.58 bits per heavy atom. The summed E-state index contributed by atoms with van der Waals surface area (Å²) < 4.78 is 60.9. The number of hydrogen-bond donors (Lipinski definition) is 1. The first-order valence-corrected chi connectivity index (χ1v) is 10.9. The van der Waals surface area contributed by atoms with Crippen LogP contribution in [0.2, 0.25) is 5.02 Å². The van der Waals surface area contributed by atoms with Gasteiger partial charge in [0.1, 0.15) is 12.4 Å². The second kappa shape index (κ2) is 9.86. The van der Waals surface area contributed by atoms with Crippen molar-refractivity contribution in [1.29, 1.82) is 0 Å². The fraction of sp³-hybridized carbons (Fsp3) is 0.524. The SMILES string of the molecule is O=C(CO[C@H]1C[C@@H](OC(F)(F)F)C1)NC1CCN(c2cnn(-c3ccc(Cl)c(F)c3)c2)CC1. The van der Waals surface area contributed by atoms with Crippen LogP contribution < -0.4 is 10.2 Å². The summed E-state index contributed by atoms with van der Waals surface area (Å²) in [5, 5.41) is 7.25. The normalized spacial score (nSPS) is 21.7. The minimum Gasteiger partial charge on any atom is -0.369 e. The van der Waals surface area contributed by atoms with Crippen molar-refractivity contribution >= 4 is 23.2 Å². The molecule has 1 saturated carbocycles. The fourth-order valence-corrected chi connectivity index (χ4v) is 4.05. The summed E-state index contributed by atoms with van der Waals surface area (Å²) in [5.74, 6) is -0.801. The van der Waals surface area contributed by atoms with E-state index < -0.39 is 24.4 Å². The molecule has 1 aromatic carbocycles. The third kappa shape index (κ3) is 6.36. The highest BCUT2D eigenvalue weighted by atomic mass is 35.5. The summed E-state index contributed by atoms with van der Waals surface area (Å²) in [4.78, 5) is 14.2. The van der Waals surface area contributed by atoms with Gasteiger partial charge in [0.05, 0.1) is 41.0 Å². The highest BCUT2D eigenvalue weighted by molar-refractivity contribution is 6.30. The van der Waals surface area contributed by atoms with Gasteiger partial charge in [-0.15, -0.1) is 13.2 Å². The number of anilines is 1. The summed E-state index contributed by atoms with van der Waals surface area (Å²) >= 11 is 5.72. The molecule has 0 unspecified atom stereocenters. The number of hydrogen-bond acceptors (Lipinski definition) is 5. The summed E-state index contributed by atoms with van der Waals surface area (Å²) in [5.41, 5.74) is 1.45. The van der Waals surface area contributed by atoms with Gasteiger partial charge in [-0.3, -0.25) is 9.53 Å². The molecule has 2 fully saturated rings. The molecule has 0 spiro atoms. The van der Waals surface area contributed by atoms with Gasteiger partial charge in [0.25, 0.3) is 0 Å². The van der Waals surface area contributed by atoms with Crippen LogP contribution in [0.1, 0.15) is 25.7 Å². The first kappa shape index (κ1) is 23.8. The lowest BCUT2D eigenvalue weighted by molar-refractivity contribution is -0.357. The van der Waals surface area contributed by atoms with Crippen LogP contribution in [0.4, 0.5) is 23.2 Å². The van der Waals surface area contributed by atoms with Crippen LogP contribution in [-0.4, -0.2) is 60.0 Å². The van der Waals surface area contributed by atoms with Gasteiger partial charge < -0.3 is 15.0 Å². The van der Waals surface area contributed by atoms with Crippen molar-refractivity contribution in [3.8, 4) is 5.69 Å². The lowest BCUT2D eigenvalue weighted by Gasteiger charge is -2.35. The monoisotopic (exact) mass is 490 g/mol. The number of aromatic nitrogens is 2. The summed E-state index contributed by atoms with van der Waals surface area (Å²) in [6, 6.07) is 4.46. The molecule has 1 N–H and O–H groups in total. The van der Waals surface area contributed by atoms with E-state index in [4.69, 9.17) is 16.3 Å². The van der Waals surface area contributed by atoms with Crippen LogP contribution >= 0.6 is 11.6 Å². The predicted molar refractivity (Wildman–Crippen MR) is 112 cm³/mol. The second-order valence-corrected chi connectivity index (χ2v) is 8.57. The number of nitrogens with zero attached hydrogens (tertiary/aromatic N) is 3. The Morgan fingerprint density at radius 2 is 1.91 bits per heavy atom. The van der Waals surface area contributed by atoms with Gasteiger partial charge in [-0.1, -0.05) is 11.6 Å². The zero-order chi connectivity index (χ0) is 23.6. The average Bonchev–Trinajstić information content (AvgIpc) is 3.21. The minimum atomic E-state index is -4.64. The Bertz CT molecular complexity index is 973. The molecule has 2 aromatic rings. The van der Waals surface area contributed by atoms with Crippen molar-refractivity contribution in [2.24, 2.45) is 0 Å². The van der Waals surface area contributed by atoms with E-state index in [1.54, 1.807) is 16.9 Å². The zero-order valence-electron chi connectivity index (χ0n) is 17.5. The number of alkyl halides is 3. The standard InChI is InChI=1S/C21H23ClF4N4O3/c22-18-2-1-14(7-19(18)23)30-11-15(10-27-30)29-5-3-13(4-6-29)28-20(31)12-32-16-8-17(9-16)33-21(24,25)26/h1-2,7,10-11,13,16-17H,3-6,8-9,12H2,(H,28,31)/t16-,17+. The third-order valence-corrected chi connectivity index (χ3v) is 6.07. The molecular formula is C21H23ClF4N4O3. The summed E-state index contributed by atoms with van der Waals surface area (Å²) in [6.45, 7) is 1.21. The molecule has 7 nitrogen and oxygen atoms in total. The molecule has 0 bridgehead atoms. The van der Waals surface area contributed by atoms with E-state index in [-0.39, 0.29) is 36.4 Å². The number of amides is 1. The molecule has 33 heavy (non-hydrogen) atoms. The van der Waals surface area contributed by atoms with Crippen molar-refractivity contribution in [1.82, 2.24) is 15.1 Å². The van der Waals surface area contributed by atoms with Gasteiger partial charge in [0, 0.05) is 38.0 Å². The van der Waals surface area contributed by atoms with E-state index in [9.17, 15) is 22.4 Å². The first-order valence-electron chi connectivity index (χ1n) is 10.6. The maximum absolute atomic E-state index is 13.7. The van der Waals surface area contributed by atoms with Crippen molar-refractivity contribution in [3.63, 3.8) is 0 Å². The van der Waals surface area contributed by atoms with Crippen LogP contribution in [0, 0.1) is 5.82 Å². The molecule has 12 heteroatoms. The maximum Gasteiger partial charge on any atom is 0.522 e. The molecule has 1 saturated heterocycles. The predicted octanol–water partition coefficient (Wildman–Crippen LogP) is 3.83. The smallest absolute Gasteiger partial charge is 0.369 e. The Morgan fingerprint density at radius 1 is 1.18 bits per heavy atom. The molecule has 1 amide bonds. The largest absolute Gasteiger partial charge is 0.522 e. The molecule has 1 aliphatic heterocycles. The van der Waals surface area contributed by atoms with Crippen LogP contribution in [0.25, 0.3) is 5.69 Å². The molecule has 0 radical (unpaired) electrons. The Balaban J connectivity index is 1.17. The van der Waals surface area contributed by atoms with E-state index >= 15 is 0 Å². The average molecular weight is 491 g/mol. The number of carbonyl (C=O) groups is 1. The number of rotatable bonds is 7. The lowest BCUT2D eigenvalue weighted by atomic mass is 9.92. The van der Waals surface area contributed by atoms with E-state index in [0.717, 1.165) is 18.5 Å². The van der Waals surface area contributed by atoms with Crippen LogP contribution in [0.5, 0.6) is 0 Å². The second-order valence-electron chi connectivity index (χ2n) is 8.16. The van der Waals surface area contributed by atoms with Crippen LogP contribution in [-0.2, 0) is 14.3 Å². The fourth-order valence-electron chi connectivity index (χ4n) is 3.93. The van der Waals surface area contributed by atoms with Gasteiger partial charge in [0.15, 0.2) is 0 Å². The maximum atomic E-state index is 13.7. The van der Waals surface area contributed by atoms with Crippen LogP contribution in [0.3, 0.4) is 0 Å². The molecule has 4 rings (SSSR count). The van der Waals surface area contributed by atoms with Gasteiger partial charge in [-0.2, -0.15) is 5.10 Å². The van der Waals surface area contributed by atoms with E-state index in [2.05, 4.69) is 20.1 Å². The van der Waals surface area contributed by atoms with Gasteiger partial charge >= 0.3 is 6.36 Å². The van der Waals surface area contributed by atoms with Crippen molar-refractivity contribution in [2.45, 2.75) is 50.3 Å². The highest BCUT2D eigenvalue weighted by Gasteiger charge is 2.40. The number of piperidine rings is 1. The van der Waals surface area contributed by atoms with Gasteiger partial charge in [-0.25, -0.2) is 9.07 Å². The first-order chi connectivity index (χ1) is 15.7. The van der Waals surface area contributed by atoms with E-state index in [1.807, 2.05) is 6.20 Å². The molecule has 180 valence electrons. The molecule has 1 aromatic heterocycles. The van der Waals surface area contributed by atoms with Crippen LogP contribution in [0.15, 0.2) is 30.6 Å². The highest BCUT2D eigenvalue weighted by Crippen LogP contribution is 2.32. The lowest BCUT2D eigenvalue weighted by Crippen LogP contribution is -2.47. The number of nitrogens with one attached hydrogen (secondary N) is 1. The van der Waals surface area contributed by atoms with Crippen molar-refractivity contribution < 1.29 is 31.8 Å². The van der Waals surface area contributed by atoms with Gasteiger partial charge in [-0.05, 0) is 25.0 Å². The van der Waals surface area contributed by atoms with E-state index in [0.29, 0.717) is 18.8 Å². The topological polar surface area (TPSA) is 68.6 Å². The Hall–Kier alpha value is -2.37. The molecule has 2 heterocycles. The van der Waals surface area contributed by atoms with Gasteiger partial charge in [0.2, 0.25) is 5.91 Å². The quantitative estimate of drug-likeness (QED) is 0.597. The molecule has 1 aliphatic carbocycles. The summed E-state index contributed by atoms with van der Waals surface area (Å²) in [6.07, 6.45) is -0.731. The Labute approximate surface area is 192 Å². The number of ether oxygens (including phenoxy) is 2. The third-order valence-electron chi connectivity index (χ3n) is 5.76. The molecule has 2 aliphatic rings. The summed E-state index contributed by atoms with van der Waals surface area (Å²) in [7, 11) is 0. The Kier molecular flexibility index (Phi) is 7.10. The van der Waals surface area contributed by atoms with Crippen molar-refractivity contribution in [2.75, 3.05) is 24.6 Å². The van der Waals surface area contributed by atoms with Crippen molar-refractivity contribution in [3.05, 3.63) is 41.4 Å². The number of carbonyl (C=O) groups excluding carboxylic acids is 1. The zero-order valence-corrected chi connectivity index (χ0v) is 18.3. The molecular weight excluding hydrogens is 468 g/mol. The number of halogens is 5. The number of benzene rings is 1.